The first kappa shape index (κ1) is 19.1. The molecule has 1 atom stereocenters. The van der Waals surface area contributed by atoms with E-state index in [0.717, 1.165) is 0 Å². The zero-order valence-corrected chi connectivity index (χ0v) is 16.9. The van der Waals surface area contributed by atoms with E-state index in [-0.39, 0.29) is 0 Å². The predicted octanol–water partition coefficient (Wildman–Crippen LogP) is 6.75. The second-order valence-corrected chi connectivity index (χ2v) is 8.03. The van der Waals surface area contributed by atoms with Crippen LogP contribution in [0.3, 0.4) is 0 Å². The second kappa shape index (κ2) is 9.22. The molecular weight excluding hydrogens is 369 g/mol. The minimum absolute atomic E-state index is 0.350. The molecule has 1 heterocycles. The highest BCUT2D eigenvalue weighted by atomic mass is 127. The lowest BCUT2D eigenvalue weighted by Crippen LogP contribution is -2.26. The molecule has 0 fully saturated rings. The third-order valence-corrected chi connectivity index (χ3v) is 5.73. The van der Waals surface area contributed by atoms with Crippen LogP contribution in [-0.2, 0) is 12.5 Å². The molecule has 21 heavy (non-hydrogen) atoms. The van der Waals surface area contributed by atoms with Crippen LogP contribution in [0.25, 0.3) is 0 Å². The fourth-order valence-corrected chi connectivity index (χ4v) is 4.91. The second-order valence-electron chi connectivity index (χ2n) is 6.87. The summed E-state index contributed by atoms with van der Waals surface area (Å²) in [5.74, 6) is 0. The molecule has 1 unspecified atom stereocenters. The van der Waals surface area contributed by atoms with Crippen molar-refractivity contribution < 1.29 is 0 Å². The van der Waals surface area contributed by atoms with E-state index in [2.05, 4.69) is 68.0 Å². The minimum atomic E-state index is 0.350. The Hall–Kier alpha value is 0.01000. The van der Waals surface area contributed by atoms with Crippen LogP contribution in [0.5, 0.6) is 0 Å². The number of nitrogens with zero attached hydrogens (tertiary/aromatic N) is 1. The largest absolute Gasteiger partial charge is 0.350 e. The maximum atomic E-state index is 2.54. The van der Waals surface area contributed by atoms with Crippen LogP contribution in [-0.4, -0.2) is 4.57 Å². The Morgan fingerprint density at radius 2 is 1.52 bits per heavy atom. The van der Waals surface area contributed by atoms with Gasteiger partial charge in [0.15, 0.2) is 0 Å². The Bertz CT molecular complexity index is 421. The Balaban J connectivity index is 2.88. The number of aromatic nitrogens is 1. The first-order valence-electron chi connectivity index (χ1n) is 8.78. The Morgan fingerprint density at radius 3 is 2.00 bits per heavy atom. The van der Waals surface area contributed by atoms with E-state index in [1.165, 1.54) is 67.1 Å². The summed E-state index contributed by atoms with van der Waals surface area (Å²) in [5.41, 5.74) is 3.32. The monoisotopic (exact) mass is 403 g/mol. The fraction of sp³-hybridized carbons (Fsp3) is 0.789. The number of halogens is 1. The van der Waals surface area contributed by atoms with Gasteiger partial charge in [0.2, 0.25) is 0 Å². The van der Waals surface area contributed by atoms with Crippen LogP contribution >= 0.6 is 22.6 Å². The van der Waals surface area contributed by atoms with Crippen LogP contribution < -0.4 is 0 Å². The summed E-state index contributed by atoms with van der Waals surface area (Å²) in [4.78, 5) is 0. The summed E-state index contributed by atoms with van der Waals surface area (Å²) in [6.07, 6.45) is 12.2. The van der Waals surface area contributed by atoms with Gasteiger partial charge >= 0.3 is 0 Å². The maximum absolute atomic E-state index is 2.54. The van der Waals surface area contributed by atoms with Crippen molar-refractivity contribution in [3.05, 3.63) is 21.0 Å². The van der Waals surface area contributed by atoms with Crippen molar-refractivity contribution >= 4 is 22.6 Å². The van der Waals surface area contributed by atoms with E-state index < -0.39 is 0 Å². The molecule has 1 aromatic heterocycles. The molecule has 0 amide bonds. The number of unbranched alkanes of at least 4 members (excludes halogenated alkanes) is 5. The molecule has 0 saturated carbocycles. The van der Waals surface area contributed by atoms with Crippen LogP contribution in [0.4, 0.5) is 0 Å². The molecule has 0 aliphatic rings. The number of rotatable bonds is 10. The van der Waals surface area contributed by atoms with Crippen molar-refractivity contribution in [1.82, 2.24) is 4.57 Å². The summed E-state index contributed by atoms with van der Waals surface area (Å²) in [6.45, 7) is 9.33. The average Bonchev–Trinajstić information content (AvgIpc) is 2.69. The highest BCUT2D eigenvalue weighted by Crippen LogP contribution is 2.38. The van der Waals surface area contributed by atoms with Crippen molar-refractivity contribution in [1.29, 1.82) is 0 Å². The summed E-state index contributed by atoms with van der Waals surface area (Å²) in [5, 5.41) is 0. The molecule has 1 rings (SSSR count). The molecule has 2 heteroatoms. The summed E-state index contributed by atoms with van der Waals surface area (Å²) < 4.78 is 3.90. The zero-order chi connectivity index (χ0) is 15.9. The van der Waals surface area contributed by atoms with Gasteiger partial charge < -0.3 is 4.57 Å². The lowest BCUT2D eigenvalue weighted by atomic mass is 9.77. The molecule has 0 radical (unpaired) electrons. The molecule has 122 valence electrons. The van der Waals surface area contributed by atoms with Gasteiger partial charge in [0, 0.05) is 27.4 Å². The van der Waals surface area contributed by atoms with Gasteiger partial charge in [0.1, 0.15) is 0 Å². The van der Waals surface area contributed by atoms with E-state index in [4.69, 9.17) is 0 Å². The van der Waals surface area contributed by atoms with E-state index in [0.29, 0.717) is 5.41 Å². The molecule has 1 nitrogen and oxygen atoms in total. The number of aryl methyl sites for hydroxylation is 1. The molecule has 0 aliphatic carbocycles. The highest BCUT2D eigenvalue weighted by Gasteiger charge is 2.30. The number of hydrogen-bond donors (Lipinski definition) is 0. The van der Waals surface area contributed by atoms with E-state index in [9.17, 15) is 0 Å². The molecule has 0 bridgehead atoms. The SMILES string of the molecule is CCCCCCC(C)(CCCCC)c1c(I)cc(C)n1C. The maximum Gasteiger partial charge on any atom is 0.0368 e. The van der Waals surface area contributed by atoms with Crippen molar-refractivity contribution in [2.24, 2.45) is 7.05 Å². The average molecular weight is 403 g/mol. The van der Waals surface area contributed by atoms with Crippen LogP contribution in [0.2, 0.25) is 0 Å². The molecule has 0 spiro atoms. The summed E-state index contributed by atoms with van der Waals surface area (Å²) in [7, 11) is 2.25. The van der Waals surface area contributed by atoms with Gasteiger partial charge in [-0.3, -0.25) is 0 Å². The van der Waals surface area contributed by atoms with Crippen molar-refractivity contribution in [3.63, 3.8) is 0 Å². The van der Waals surface area contributed by atoms with Crippen molar-refractivity contribution in [3.8, 4) is 0 Å². The molecule has 0 N–H and O–H groups in total. The van der Waals surface area contributed by atoms with E-state index >= 15 is 0 Å². The Labute approximate surface area is 146 Å². The first-order valence-corrected chi connectivity index (χ1v) is 9.86. The molecule has 0 aromatic carbocycles. The van der Waals surface area contributed by atoms with Gasteiger partial charge in [-0.05, 0) is 48.4 Å². The van der Waals surface area contributed by atoms with Crippen molar-refractivity contribution in [2.75, 3.05) is 0 Å². The van der Waals surface area contributed by atoms with Crippen LogP contribution in [0.1, 0.15) is 89.9 Å². The third kappa shape index (κ3) is 5.30. The number of hydrogen-bond acceptors (Lipinski definition) is 0. The normalized spacial score (nSPS) is 14.4. The summed E-state index contributed by atoms with van der Waals surface area (Å²) in [6, 6.07) is 2.35. The van der Waals surface area contributed by atoms with E-state index in [1.54, 1.807) is 5.69 Å². The third-order valence-electron chi connectivity index (χ3n) is 4.91. The Kier molecular flexibility index (Phi) is 8.36. The topological polar surface area (TPSA) is 4.93 Å². The molecule has 0 aliphatic heterocycles. The lowest BCUT2D eigenvalue weighted by molar-refractivity contribution is 0.346. The molecule has 0 saturated heterocycles. The smallest absolute Gasteiger partial charge is 0.0368 e. The quantitative estimate of drug-likeness (QED) is 0.301. The molecular formula is C19H34IN. The van der Waals surface area contributed by atoms with Crippen LogP contribution in [0, 0.1) is 10.5 Å². The standard InChI is InChI=1S/C19H34IN/c1-6-8-10-12-14-19(4,13-11-9-7-2)18-17(20)15-16(3)21(18)5/h15H,6-14H2,1-5H3. The van der Waals surface area contributed by atoms with Crippen molar-refractivity contribution in [2.45, 2.75) is 90.9 Å². The van der Waals surface area contributed by atoms with E-state index in [1.807, 2.05) is 0 Å². The van der Waals surface area contributed by atoms with Gasteiger partial charge in [-0.1, -0.05) is 65.7 Å². The predicted molar refractivity (Wildman–Crippen MR) is 103 cm³/mol. The minimum Gasteiger partial charge on any atom is -0.350 e. The summed E-state index contributed by atoms with van der Waals surface area (Å²) >= 11 is 2.54. The lowest BCUT2D eigenvalue weighted by Gasteiger charge is -2.32. The van der Waals surface area contributed by atoms with Gasteiger partial charge in [-0.2, -0.15) is 0 Å². The zero-order valence-electron chi connectivity index (χ0n) is 14.8. The highest BCUT2D eigenvalue weighted by molar-refractivity contribution is 14.1. The van der Waals surface area contributed by atoms with Gasteiger partial charge in [-0.15, -0.1) is 0 Å². The van der Waals surface area contributed by atoms with Gasteiger partial charge in [-0.25, -0.2) is 0 Å². The van der Waals surface area contributed by atoms with Gasteiger partial charge in [0.25, 0.3) is 0 Å². The first-order chi connectivity index (χ1) is 9.96. The van der Waals surface area contributed by atoms with Crippen LogP contribution in [0.15, 0.2) is 6.07 Å². The molecule has 1 aromatic rings. The fourth-order valence-electron chi connectivity index (χ4n) is 3.45. The Morgan fingerprint density at radius 1 is 1.00 bits per heavy atom. The van der Waals surface area contributed by atoms with Gasteiger partial charge in [0.05, 0.1) is 0 Å².